The Labute approximate surface area is 54.2 Å². The minimum atomic E-state index is 0.582. The maximum atomic E-state index is 9.81. The summed E-state index contributed by atoms with van der Waals surface area (Å²) in [6.45, 7) is 1.84. The molecule has 3 N–H and O–H groups in total. The lowest BCUT2D eigenvalue weighted by Crippen LogP contribution is -2.09. The molecule has 0 radical (unpaired) electrons. The summed E-state index contributed by atoms with van der Waals surface area (Å²) in [4.78, 5) is 9.81. The number of nitrogens with one attached hydrogen (secondary N) is 1. The Morgan fingerprint density at radius 2 is 2.33 bits per heavy atom. The van der Waals surface area contributed by atoms with Crippen LogP contribution in [0, 0.1) is 0 Å². The summed E-state index contributed by atoms with van der Waals surface area (Å²) < 4.78 is 0. The van der Waals surface area contributed by atoms with Crippen molar-refractivity contribution in [3.05, 3.63) is 24.0 Å². The highest BCUT2D eigenvalue weighted by Crippen LogP contribution is 1.84. The quantitative estimate of drug-likeness (QED) is 0.416. The van der Waals surface area contributed by atoms with Crippen molar-refractivity contribution < 1.29 is 4.79 Å². The molecule has 3 heteroatoms. The molecule has 0 saturated carbocycles. The lowest BCUT2D eigenvalue weighted by molar-refractivity contribution is -0.108. The Hall–Kier alpha value is -1.25. The molecule has 0 aromatic heterocycles. The first-order chi connectivity index (χ1) is 4.35. The molecule has 0 spiro atoms. The Morgan fingerprint density at radius 3 is 2.67 bits per heavy atom. The van der Waals surface area contributed by atoms with Gasteiger partial charge in [-0.15, -0.1) is 0 Å². The van der Waals surface area contributed by atoms with Gasteiger partial charge in [0.1, 0.15) is 0 Å². The van der Waals surface area contributed by atoms with Crippen LogP contribution in [-0.2, 0) is 4.79 Å². The number of carbonyl (C=O) groups is 1. The van der Waals surface area contributed by atoms with E-state index < -0.39 is 0 Å². The number of amides is 1. The van der Waals surface area contributed by atoms with Crippen LogP contribution in [-0.4, -0.2) is 6.41 Å². The molecule has 50 valence electrons. The average molecular weight is 126 g/mol. The van der Waals surface area contributed by atoms with Crippen LogP contribution in [0.2, 0.25) is 0 Å². The van der Waals surface area contributed by atoms with Gasteiger partial charge in [-0.1, -0.05) is 6.08 Å². The summed E-state index contributed by atoms with van der Waals surface area (Å²) >= 11 is 0. The standard InChI is InChI=1S/C6H10N2O/c1-2-3-6(4-7)8-5-9/h2-5H,7H2,1H3,(H,8,9)/b3-2-,6-4+. The number of carbonyl (C=O) groups excluding carboxylic acids is 1. The van der Waals surface area contributed by atoms with Gasteiger partial charge < -0.3 is 11.1 Å². The summed E-state index contributed by atoms with van der Waals surface area (Å²) in [7, 11) is 0. The minimum Gasteiger partial charge on any atom is -0.403 e. The van der Waals surface area contributed by atoms with Gasteiger partial charge in [-0.25, -0.2) is 0 Å². The van der Waals surface area contributed by atoms with Crippen molar-refractivity contribution in [3.63, 3.8) is 0 Å². The number of hydrogen-bond acceptors (Lipinski definition) is 2. The van der Waals surface area contributed by atoms with Crippen LogP contribution >= 0.6 is 0 Å². The van der Waals surface area contributed by atoms with Crippen LogP contribution in [0.25, 0.3) is 0 Å². The molecule has 0 rings (SSSR count). The molecule has 0 aliphatic rings. The third-order valence-electron chi connectivity index (χ3n) is 0.751. The van der Waals surface area contributed by atoms with E-state index in [0.29, 0.717) is 12.1 Å². The zero-order chi connectivity index (χ0) is 7.11. The van der Waals surface area contributed by atoms with E-state index in [4.69, 9.17) is 5.73 Å². The molecule has 0 bridgehead atoms. The Kier molecular flexibility index (Phi) is 4.22. The van der Waals surface area contributed by atoms with E-state index in [0.717, 1.165) is 0 Å². The predicted octanol–water partition coefficient (Wildman–Crippen LogP) is 0.109. The smallest absolute Gasteiger partial charge is 0.211 e. The van der Waals surface area contributed by atoms with Gasteiger partial charge in [0.15, 0.2) is 0 Å². The van der Waals surface area contributed by atoms with Crippen LogP contribution in [0.5, 0.6) is 0 Å². The fourth-order valence-corrected chi connectivity index (χ4v) is 0.399. The highest BCUT2D eigenvalue weighted by Gasteiger charge is 1.82. The third kappa shape index (κ3) is 3.34. The van der Waals surface area contributed by atoms with Crippen LogP contribution < -0.4 is 11.1 Å². The van der Waals surface area contributed by atoms with Gasteiger partial charge in [0.05, 0.1) is 5.70 Å². The van der Waals surface area contributed by atoms with Crippen molar-refractivity contribution in [3.8, 4) is 0 Å². The van der Waals surface area contributed by atoms with E-state index in [1.807, 2.05) is 6.92 Å². The normalized spacial score (nSPS) is 11.9. The molecule has 3 nitrogen and oxygen atoms in total. The number of nitrogens with two attached hydrogens (primary N) is 1. The molecule has 0 aliphatic carbocycles. The fourth-order valence-electron chi connectivity index (χ4n) is 0.399. The topological polar surface area (TPSA) is 55.1 Å². The number of rotatable bonds is 3. The number of allylic oxidation sites excluding steroid dienone is 2. The zero-order valence-corrected chi connectivity index (χ0v) is 5.29. The van der Waals surface area contributed by atoms with Crippen molar-refractivity contribution in [1.29, 1.82) is 0 Å². The maximum Gasteiger partial charge on any atom is 0.211 e. The van der Waals surface area contributed by atoms with Crippen molar-refractivity contribution >= 4 is 6.41 Å². The van der Waals surface area contributed by atoms with Crippen LogP contribution in [0.1, 0.15) is 6.92 Å². The highest BCUT2D eigenvalue weighted by atomic mass is 16.1. The molecule has 0 atom stereocenters. The van der Waals surface area contributed by atoms with Gasteiger partial charge in [-0.2, -0.15) is 0 Å². The summed E-state index contributed by atoms with van der Waals surface area (Å²) in [6, 6.07) is 0. The first kappa shape index (κ1) is 7.75. The van der Waals surface area contributed by atoms with Gasteiger partial charge in [-0.3, -0.25) is 4.79 Å². The largest absolute Gasteiger partial charge is 0.403 e. The average Bonchev–Trinajstić information content (AvgIpc) is 1.88. The Morgan fingerprint density at radius 1 is 1.67 bits per heavy atom. The monoisotopic (exact) mass is 126 g/mol. The van der Waals surface area contributed by atoms with E-state index in [-0.39, 0.29) is 0 Å². The summed E-state index contributed by atoms with van der Waals surface area (Å²) in [5.41, 5.74) is 5.71. The van der Waals surface area contributed by atoms with Crippen LogP contribution in [0.15, 0.2) is 24.0 Å². The fraction of sp³-hybridized carbons (Fsp3) is 0.167. The maximum absolute atomic E-state index is 9.81. The van der Waals surface area contributed by atoms with E-state index in [9.17, 15) is 4.79 Å². The van der Waals surface area contributed by atoms with Gasteiger partial charge >= 0.3 is 0 Å². The molecule has 0 unspecified atom stereocenters. The summed E-state index contributed by atoms with van der Waals surface area (Å²) in [6.07, 6.45) is 5.40. The highest BCUT2D eigenvalue weighted by molar-refractivity contribution is 5.51. The van der Waals surface area contributed by atoms with Gasteiger partial charge in [-0.05, 0) is 13.0 Å². The molecule has 1 amide bonds. The predicted molar refractivity (Wildman–Crippen MR) is 36.3 cm³/mol. The van der Waals surface area contributed by atoms with Crippen molar-refractivity contribution in [1.82, 2.24) is 5.32 Å². The second kappa shape index (κ2) is 4.90. The molecule has 0 saturated heterocycles. The van der Waals surface area contributed by atoms with Gasteiger partial charge in [0, 0.05) is 6.20 Å². The molecular weight excluding hydrogens is 116 g/mol. The SMILES string of the molecule is C/C=C\C(=C/N)NC=O. The second-order valence-electron chi connectivity index (χ2n) is 1.38. The van der Waals surface area contributed by atoms with E-state index in [2.05, 4.69) is 5.32 Å². The van der Waals surface area contributed by atoms with E-state index in [1.165, 1.54) is 6.20 Å². The van der Waals surface area contributed by atoms with Crippen LogP contribution in [0.3, 0.4) is 0 Å². The summed E-state index contributed by atoms with van der Waals surface area (Å²) in [5, 5.41) is 2.40. The van der Waals surface area contributed by atoms with Crippen molar-refractivity contribution in [2.45, 2.75) is 6.92 Å². The van der Waals surface area contributed by atoms with Gasteiger partial charge in [0.2, 0.25) is 6.41 Å². The van der Waals surface area contributed by atoms with Crippen LogP contribution in [0.4, 0.5) is 0 Å². The van der Waals surface area contributed by atoms with E-state index >= 15 is 0 Å². The lowest BCUT2D eigenvalue weighted by Gasteiger charge is -1.93. The molecule has 0 fully saturated rings. The Bertz CT molecular complexity index is 138. The van der Waals surface area contributed by atoms with Gasteiger partial charge in [0.25, 0.3) is 0 Å². The molecule has 0 aromatic carbocycles. The van der Waals surface area contributed by atoms with Crippen molar-refractivity contribution in [2.75, 3.05) is 0 Å². The van der Waals surface area contributed by atoms with E-state index in [1.54, 1.807) is 12.2 Å². The number of hydrogen-bond donors (Lipinski definition) is 2. The second-order valence-corrected chi connectivity index (χ2v) is 1.38. The first-order valence-corrected chi connectivity index (χ1v) is 2.60. The Balaban J connectivity index is 3.84. The molecular formula is C6H10N2O. The molecule has 9 heavy (non-hydrogen) atoms. The third-order valence-corrected chi connectivity index (χ3v) is 0.751. The molecule has 0 heterocycles. The first-order valence-electron chi connectivity index (χ1n) is 2.60. The minimum absolute atomic E-state index is 0.582. The zero-order valence-electron chi connectivity index (χ0n) is 5.29. The lowest BCUT2D eigenvalue weighted by atomic mass is 10.4. The summed E-state index contributed by atoms with van der Waals surface area (Å²) in [5.74, 6) is 0. The molecule has 0 aromatic rings. The molecule has 0 aliphatic heterocycles. The van der Waals surface area contributed by atoms with Crippen molar-refractivity contribution in [2.24, 2.45) is 5.73 Å².